The van der Waals surface area contributed by atoms with Crippen molar-refractivity contribution in [1.82, 2.24) is 19.8 Å². The normalized spacial score (nSPS) is 29.0. The van der Waals surface area contributed by atoms with Crippen LogP contribution in [-0.4, -0.2) is 74.3 Å². The number of urea groups is 1. The lowest BCUT2D eigenvalue weighted by Crippen LogP contribution is -2.59. The average molecular weight is 452 g/mol. The number of carbonyl (C=O) groups excluding carboxylic acids is 1. The van der Waals surface area contributed by atoms with Gasteiger partial charge in [-0.25, -0.2) is 14.8 Å². The van der Waals surface area contributed by atoms with Crippen molar-refractivity contribution in [3.63, 3.8) is 0 Å². The molecule has 2 aromatic rings. The van der Waals surface area contributed by atoms with Gasteiger partial charge in [0.15, 0.2) is 0 Å². The van der Waals surface area contributed by atoms with E-state index in [-0.39, 0.29) is 23.1 Å². The van der Waals surface area contributed by atoms with Crippen LogP contribution in [0, 0.1) is 0 Å². The molecule has 1 saturated heterocycles. The van der Waals surface area contributed by atoms with Gasteiger partial charge >= 0.3 is 12.0 Å². The molecule has 3 aliphatic rings. The average Bonchev–Trinajstić information content (AvgIpc) is 3.06. The van der Waals surface area contributed by atoms with Gasteiger partial charge < -0.3 is 15.1 Å². The van der Waals surface area contributed by atoms with Crippen LogP contribution in [0.15, 0.2) is 42.7 Å². The monoisotopic (exact) mass is 451 g/mol. The number of carbonyl (C=O) groups is 1. The number of β-amino-alcohol motifs (C(OH)–C–C–N with tert-alkyl or cyclic N) is 1. The Morgan fingerprint density at radius 2 is 1.64 bits per heavy atom. The van der Waals surface area contributed by atoms with Crippen LogP contribution >= 0.6 is 0 Å². The minimum absolute atomic E-state index is 0.0797. The second-order valence-electron chi connectivity index (χ2n) is 10.3. The molecule has 0 bridgehead atoms. The number of aliphatic hydroxyl groups is 1. The predicted octanol–water partition coefficient (Wildman–Crippen LogP) is 3.11. The second kappa shape index (κ2) is 7.95. The largest absolute Gasteiger partial charge is 0.479 e. The molecule has 2 saturated carbocycles. The molecule has 1 aliphatic heterocycles. The number of hydrogen-bond acceptors (Lipinski definition) is 6. The zero-order valence-electron chi connectivity index (χ0n) is 19.4. The molecule has 2 heterocycles. The van der Waals surface area contributed by atoms with Crippen molar-refractivity contribution in [2.45, 2.75) is 61.6 Å². The van der Waals surface area contributed by atoms with Crippen molar-refractivity contribution < 1.29 is 15.0 Å². The third-order valence-electron chi connectivity index (χ3n) is 8.33. The number of hydrogen-bond donors (Lipinski definition) is 2. The fourth-order valence-electron chi connectivity index (χ4n) is 6.02. The van der Waals surface area contributed by atoms with Gasteiger partial charge in [0, 0.05) is 5.54 Å². The first-order chi connectivity index (χ1) is 15.8. The predicted molar refractivity (Wildman–Crippen MR) is 125 cm³/mol. The van der Waals surface area contributed by atoms with E-state index in [1.807, 2.05) is 11.0 Å². The molecule has 8 nitrogen and oxygen atoms in total. The number of nitrogens with zero attached hydrogens (tertiary/aromatic N) is 5. The van der Waals surface area contributed by atoms with Gasteiger partial charge in [0.1, 0.15) is 0 Å². The van der Waals surface area contributed by atoms with Gasteiger partial charge in [0.05, 0.1) is 42.3 Å². The maximum absolute atomic E-state index is 13.7. The van der Waals surface area contributed by atoms with Crippen molar-refractivity contribution in [1.29, 1.82) is 0 Å². The zero-order chi connectivity index (χ0) is 23.3. The lowest BCUT2D eigenvalue weighted by molar-refractivity contribution is -0.0725. The molecule has 1 spiro atoms. The minimum atomic E-state index is -0.792. The van der Waals surface area contributed by atoms with E-state index in [0.29, 0.717) is 18.8 Å². The summed E-state index contributed by atoms with van der Waals surface area (Å²) in [6.07, 6.45) is 8.99. The Kier molecular flexibility index (Phi) is 5.33. The quantitative estimate of drug-likeness (QED) is 0.726. The summed E-state index contributed by atoms with van der Waals surface area (Å²) in [5.74, 6) is 0. The smallest absolute Gasteiger partial charge is 0.325 e. The zero-order valence-corrected chi connectivity index (χ0v) is 19.4. The molecular weight excluding hydrogens is 418 g/mol. The molecule has 1 aromatic carbocycles. The molecule has 3 fully saturated rings. The van der Waals surface area contributed by atoms with Crippen molar-refractivity contribution in [3.8, 4) is 6.01 Å². The van der Waals surface area contributed by atoms with Crippen LogP contribution in [0.1, 0.15) is 50.5 Å². The first kappa shape index (κ1) is 22.1. The number of anilines is 1. The molecule has 33 heavy (non-hydrogen) atoms. The van der Waals surface area contributed by atoms with Gasteiger partial charge in [-0.05, 0) is 64.6 Å². The molecule has 0 atom stereocenters. The van der Waals surface area contributed by atoms with E-state index in [4.69, 9.17) is 0 Å². The van der Waals surface area contributed by atoms with Crippen LogP contribution < -0.4 is 4.90 Å². The number of benzene rings is 1. The van der Waals surface area contributed by atoms with Gasteiger partial charge in [0.2, 0.25) is 0 Å². The SMILES string of the molecule is CN(C)[C@]1(c2ccccc2)CC[C@]2(CC1)CN(c1cnc(O)nc1)C(=O)N2CC1(O)CCC1. The van der Waals surface area contributed by atoms with E-state index in [1.165, 1.54) is 18.0 Å². The van der Waals surface area contributed by atoms with Crippen LogP contribution in [-0.2, 0) is 5.54 Å². The topological polar surface area (TPSA) is 93.0 Å². The highest BCUT2D eigenvalue weighted by Gasteiger charge is 2.56. The molecule has 2 amide bonds. The number of aromatic hydroxyl groups is 1. The standard InChI is InChI=1S/C25H33N5O3/c1-28(2)25(19-7-4-3-5-8-19)13-11-23(12-14-25)17-29(20-15-26-21(31)27-16-20)22(32)30(23)18-24(33)9-6-10-24/h3-5,7-8,15-16,33H,6,9-14,17-18H2,1-2H3,(H,26,27,31)/t23-,25+. The van der Waals surface area contributed by atoms with E-state index < -0.39 is 5.60 Å². The molecule has 2 N–H and O–H groups in total. The van der Waals surface area contributed by atoms with Crippen LogP contribution in [0.4, 0.5) is 10.5 Å². The molecule has 0 unspecified atom stereocenters. The molecule has 1 aromatic heterocycles. The Balaban J connectivity index is 1.46. The van der Waals surface area contributed by atoms with E-state index in [0.717, 1.165) is 44.9 Å². The fourth-order valence-corrected chi connectivity index (χ4v) is 6.02. The van der Waals surface area contributed by atoms with Crippen LogP contribution in [0.25, 0.3) is 0 Å². The van der Waals surface area contributed by atoms with Crippen molar-refractivity contribution >= 4 is 11.7 Å². The number of amides is 2. The van der Waals surface area contributed by atoms with Crippen LogP contribution in [0.2, 0.25) is 0 Å². The summed E-state index contributed by atoms with van der Waals surface area (Å²) in [6.45, 7) is 0.899. The maximum atomic E-state index is 13.7. The van der Waals surface area contributed by atoms with Gasteiger partial charge in [-0.15, -0.1) is 0 Å². The van der Waals surface area contributed by atoms with Crippen molar-refractivity contribution in [2.24, 2.45) is 0 Å². The Morgan fingerprint density at radius 3 is 2.18 bits per heavy atom. The summed E-state index contributed by atoms with van der Waals surface area (Å²) >= 11 is 0. The molecule has 176 valence electrons. The van der Waals surface area contributed by atoms with Crippen LogP contribution in [0.5, 0.6) is 6.01 Å². The summed E-state index contributed by atoms with van der Waals surface area (Å²) < 4.78 is 0. The Hall–Kier alpha value is -2.71. The summed E-state index contributed by atoms with van der Waals surface area (Å²) in [6, 6.07) is 10.2. The molecule has 8 heteroatoms. The fraction of sp³-hybridized carbons (Fsp3) is 0.560. The minimum Gasteiger partial charge on any atom is -0.479 e. The summed E-state index contributed by atoms with van der Waals surface area (Å²) in [4.78, 5) is 27.4. The highest BCUT2D eigenvalue weighted by atomic mass is 16.3. The second-order valence-corrected chi connectivity index (χ2v) is 10.3. The molecule has 0 radical (unpaired) electrons. The van der Waals surface area contributed by atoms with Crippen molar-refractivity contribution in [3.05, 3.63) is 48.3 Å². The van der Waals surface area contributed by atoms with Gasteiger partial charge in [-0.3, -0.25) is 9.80 Å². The van der Waals surface area contributed by atoms with E-state index in [1.54, 1.807) is 4.90 Å². The summed E-state index contributed by atoms with van der Waals surface area (Å²) in [5.41, 5.74) is 0.660. The molecule has 2 aliphatic carbocycles. The Labute approximate surface area is 194 Å². The lowest BCUT2D eigenvalue weighted by Gasteiger charge is -2.52. The lowest BCUT2D eigenvalue weighted by atomic mass is 9.67. The summed E-state index contributed by atoms with van der Waals surface area (Å²) in [7, 11) is 4.28. The first-order valence-electron chi connectivity index (χ1n) is 11.8. The third kappa shape index (κ3) is 3.65. The van der Waals surface area contributed by atoms with E-state index in [9.17, 15) is 15.0 Å². The highest BCUT2D eigenvalue weighted by Crippen LogP contribution is 2.50. The first-order valence-corrected chi connectivity index (χ1v) is 11.8. The third-order valence-corrected chi connectivity index (χ3v) is 8.33. The van der Waals surface area contributed by atoms with Crippen LogP contribution in [0.3, 0.4) is 0 Å². The van der Waals surface area contributed by atoms with Gasteiger partial charge in [0.25, 0.3) is 0 Å². The van der Waals surface area contributed by atoms with Gasteiger partial charge in [-0.2, -0.15) is 0 Å². The summed E-state index contributed by atoms with van der Waals surface area (Å²) in [5, 5.41) is 20.5. The molecule has 5 rings (SSSR count). The number of rotatable bonds is 5. The van der Waals surface area contributed by atoms with Gasteiger partial charge in [-0.1, -0.05) is 30.3 Å². The number of aromatic nitrogens is 2. The van der Waals surface area contributed by atoms with E-state index >= 15 is 0 Å². The van der Waals surface area contributed by atoms with Crippen molar-refractivity contribution in [2.75, 3.05) is 32.1 Å². The Morgan fingerprint density at radius 1 is 1.00 bits per heavy atom. The Bertz CT molecular complexity index is 998. The highest BCUT2D eigenvalue weighted by molar-refractivity contribution is 5.95. The molecular formula is C25H33N5O3. The maximum Gasteiger partial charge on any atom is 0.325 e. The van der Waals surface area contributed by atoms with E-state index in [2.05, 4.69) is 53.2 Å².